The largest absolute Gasteiger partial charge is 0.479 e. The summed E-state index contributed by atoms with van der Waals surface area (Å²) in [5.74, 6) is 0.585. The highest BCUT2D eigenvalue weighted by Crippen LogP contribution is 2.36. The number of urea groups is 1. The molecule has 170 valence electrons. The van der Waals surface area contributed by atoms with Gasteiger partial charge < -0.3 is 20.3 Å². The van der Waals surface area contributed by atoms with Gasteiger partial charge in [-0.3, -0.25) is 4.79 Å². The zero-order chi connectivity index (χ0) is 23.5. The maximum absolute atomic E-state index is 12.8. The molecule has 3 amide bonds. The lowest BCUT2D eigenvalue weighted by Gasteiger charge is -2.33. The second-order valence-corrected chi connectivity index (χ2v) is 8.85. The number of fused-ring (bicyclic) bond motifs is 1. The summed E-state index contributed by atoms with van der Waals surface area (Å²) in [6, 6.07) is 13.0. The summed E-state index contributed by atoms with van der Waals surface area (Å²) in [6.07, 6.45) is 1.36. The third-order valence-electron chi connectivity index (χ3n) is 5.66. The van der Waals surface area contributed by atoms with Crippen molar-refractivity contribution < 1.29 is 14.3 Å². The third kappa shape index (κ3) is 5.13. The molecule has 1 atom stereocenters. The van der Waals surface area contributed by atoms with Crippen LogP contribution in [0.3, 0.4) is 0 Å². The molecule has 1 unspecified atom stereocenters. The Balaban J connectivity index is 1.77. The fourth-order valence-electron chi connectivity index (χ4n) is 3.72. The van der Waals surface area contributed by atoms with Crippen molar-refractivity contribution in [3.63, 3.8) is 0 Å². The molecule has 32 heavy (non-hydrogen) atoms. The van der Waals surface area contributed by atoms with Gasteiger partial charge in [-0.2, -0.15) is 0 Å². The topological polar surface area (TPSA) is 70.7 Å². The van der Waals surface area contributed by atoms with Crippen LogP contribution in [0.1, 0.15) is 58.6 Å². The average Bonchev–Trinajstić information content (AvgIpc) is 2.74. The number of unbranched alkanes of at least 4 members (excludes halogenated alkanes) is 1. The molecule has 6 nitrogen and oxygen atoms in total. The normalized spacial score (nSPS) is 15.6. The Morgan fingerprint density at radius 1 is 1.22 bits per heavy atom. The standard InChI is InChI=1S/C26H33N3O3/c1-7-8-14-29-22-16-21(12-13-23(22)32-18(4)24(29)30)27-25(31)28-26(5,6)20-11-9-10-19(15-20)17(2)3/h9-13,15-16,18H,2,7-8,14H2,1,3-6H3,(H2,27,28,31). The van der Waals surface area contributed by atoms with Crippen molar-refractivity contribution in [1.29, 1.82) is 0 Å². The van der Waals surface area contributed by atoms with E-state index in [0.717, 1.165) is 29.5 Å². The van der Waals surface area contributed by atoms with E-state index in [1.807, 2.05) is 45.0 Å². The van der Waals surface area contributed by atoms with Crippen molar-refractivity contribution in [2.24, 2.45) is 0 Å². The van der Waals surface area contributed by atoms with Crippen LogP contribution in [0.15, 0.2) is 49.0 Å². The van der Waals surface area contributed by atoms with E-state index < -0.39 is 11.6 Å². The summed E-state index contributed by atoms with van der Waals surface area (Å²) in [5.41, 5.74) is 3.69. The van der Waals surface area contributed by atoms with E-state index in [2.05, 4.69) is 24.1 Å². The molecule has 1 heterocycles. The van der Waals surface area contributed by atoms with Gasteiger partial charge in [-0.05, 0) is 69.5 Å². The van der Waals surface area contributed by atoms with Crippen molar-refractivity contribution in [1.82, 2.24) is 5.32 Å². The first-order valence-electron chi connectivity index (χ1n) is 11.1. The Morgan fingerprint density at radius 3 is 2.66 bits per heavy atom. The van der Waals surface area contributed by atoms with Crippen LogP contribution < -0.4 is 20.3 Å². The van der Waals surface area contributed by atoms with Gasteiger partial charge in [0.25, 0.3) is 5.91 Å². The first kappa shape index (κ1) is 23.4. The number of amides is 3. The number of carbonyl (C=O) groups is 2. The van der Waals surface area contributed by atoms with Crippen LogP contribution in [0.2, 0.25) is 0 Å². The van der Waals surface area contributed by atoms with Gasteiger partial charge in [0.2, 0.25) is 0 Å². The predicted octanol–water partition coefficient (Wildman–Crippen LogP) is 5.69. The highest BCUT2D eigenvalue weighted by atomic mass is 16.5. The lowest BCUT2D eigenvalue weighted by atomic mass is 9.92. The molecule has 0 aromatic heterocycles. The van der Waals surface area contributed by atoms with Crippen LogP contribution in [0.4, 0.5) is 16.2 Å². The number of allylic oxidation sites excluding steroid dienone is 1. The molecular weight excluding hydrogens is 402 g/mol. The molecule has 2 aromatic rings. The Morgan fingerprint density at radius 2 is 1.97 bits per heavy atom. The molecule has 1 aliphatic rings. The Kier molecular flexibility index (Phi) is 6.92. The molecule has 0 fully saturated rings. The molecule has 0 saturated carbocycles. The summed E-state index contributed by atoms with van der Waals surface area (Å²) >= 11 is 0. The summed E-state index contributed by atoms with van der Waals surface area (Å²) < 4.78 is 5.76. The van der Waals surface area contributed by atoms with Crippen molar-refractivity contribution in [3.8, 4) is 5.75 Å². The molecule has 2 N–H and O–H groups in total. The molecule has 6 heteroatoms. The van der Waals surface area contributed by atoms with Crippen molar-refractivity contribution >= 4 is 28.9 Å². The average molecular weight is 436 g/mol. The van der Waals surface area contributed by atoms with E-state index in [4.69, 9.17) is 4.74 Å². The number of carbonyl (C=O) groups excluding carboxylic acids is 2. The van der Waals surface area contributed by atoms with Crippen molar-refractivity contribution in [2.45, 2.75) is 59.1 Å². The van der Waals surface area contributed by atoms with Crippen LogP contribution >= 0.6 is 0 Å². The van der Waals surface area contributed by atoms with Gasteiger partial charge in [0.05, 0.1) is 11.2 Å². The lowest BCUT2D eigenvalue weighted by Crippen LogP contribution is -2.45. The van der Waals surface area contributed by atoms with Gasteiger partial charge >= 0.3 is 6.03 Å². The van der Waals surface area contributed by atoms with Gasteiger partial charge in [0, 0.05) is 12.2 Å². The van der Waals surface area contributed by atoms with Gasteiger partial charge in [-0.25, -0.2) is 4.79 Å². The van der Waals surface area contributed by atoms with E-state index in [0.29, 0.717) is 23.7 Å². The summed E-state index contributed by atoms with van der Waals surface area (Å²) in [6.45, 7) is 14.3. The molecule has 3 rings (SSSR count). The smallest absolute Gasteiger partial charge is 0.319 e. The van der Waals surface area contributed by atoms with Gasteiger partial charge in [0.1, 0.15) is 5.75 Å². The fraction of sp³-hybridized carbons (Fsp3) is 0.385. The minimum absolute atomic E-state index is 0.0638. The molecule has 0 saturated heterocycles. The van der Waals surface area contributed by atoms with E-state index in [1.165, 1.54) is 0 Å². The molecule has 0 bridgehead atoms. The van der Waals surface area contributed by atoms with E-state index >= 15 is 0 Å². The van der Waals surface area contributed by atoms with Crippen LogP contribution in [-0.4, -0.2) is 24.6 Å². The predicted molar refractivity (Wildman–Crippen MR) is 130 cm³/mol. The number of benzene rings is 2. The quantitative estimate of drug-likeness (QED) is 0.587. The second kappa shape index (κ2) is 9.47. The Bertz CT molecular complexity index is 1030. The maximum atomic E-state index is 12.8. The second-order valence-electron chi connectivity index (χ2n) is 8.85. The van der Waals surface area contributed by atoms with Gasteiger partial charge in [-0.15, -0.1) is 0 Å². The number of hydrogen-bond acceptors (Lipinski definition) is 3. The minimum atomic E-state index is -0.592. The first-order chi connectivity index (χ1) is 15.1. The highest BCUT2D eigenvalue weighted by Gasteiger charge is 2.31. The number of hydrogen-bond donors (Lipinski definition) is 2. The van der Waals surface area contributed by atoms with E-state index in [-0.39, 0.29) is 11.9 Å². The van der Waals surface area contributed by atoms with Crippen LogP contribution in [-0.2, 0) is 10.3 Å². The molecule has 2 aromatic carbocycles. The summed E-state index contributed by atoms with van der Waals surface area (Å²) in [7, 11) is 0. The molecule has 1 aliphatic heterocycles. The van der Waals surface area contributed by atoms with Crippen LogP contribution in [0, 0.1) is 0 Å². The van der Waals surface area contributed by atoms with E-state index in [9.17, 15) is 9.59 Å². The third-order valence-corrected chi connectivity index (χ3v) is 5.66. The van der Waals surface area contributed by atoms with Crippen LogP contribution in [0.25, 0.3) is 5.57 Å². The summed E-state index contributed by atoms with van der Waals surface area (Å²) in [4.78, 5) is 27.2. The monoisotopic (exact) mass is 435 g/mol. The number of rotatable bonds is 7. The van der Waals surface area contributed by atoms with E-state index in [1.54, 1.807) is 30.0 Å². The molecular formula is C26H33N3O3. The Hall–Kier alpha value is -3.28. The van der Waals surface area contributed by atoms with Crippen LogP contribution in [0.5, 0.6) is 5.75 Å². The van der Waals surface area contributed by atoms with Crippen molar-refractivity contribution in [2.75, 3.05) is 16.8 Å². The fourth-order valence-corrected chi connectivity index (χ4v) is 3.72. The zero-order valence-corrected chi connectivity index (χ0v) is 19.6. The molecule has 0 aliphatic carbocycles. The zero-order valence-electron chi connectivity index (χ0n) is 19.6. The lowest BCUT2D eigenvalue weighted by molar-refractivity contribution is -0.125. The number of nitrogens with zero attached hydrogens (tertiary/aromatic N) is 1. The minimum Gasteiger partial charge on any atom is -0.479 e. The maximum Gasteiger partial charge on any atom is 0.319 e. The molecule has 0 radical (unpaired) electrons. The number of anilines is 2. The van der Waals surface area contributed by atoms with Gasteiger partial charge in [0.15, 0.2) is 6.10 Å². The number of nitrogens with one attached hydrogen (secondary N) is 2. The molecule has 0 spiro atoms. The highest BCUT2D eigenvalue weighted by molar-refractivity contribution is 6.01. The first-order valence-corrected chi connectivity index (χ1v) is 11.1. The summed E-state index contributed by atoms with van der Waals surface area (Å²) in [5, 5.41) is 5.93. The van der Waals surface area contributed by atoms with Gasteiger partial charge in [-0.1, -0.05) is 43.7 Å². The van der Waals surface area contributed by atoms with Crippen molar-refractivity contribution in [3.05, 3.63) is 60.2 Å². The number of ether oxygens (including phenoxy) is 1. The Labute approximate surface area is 190 Å². The SMILES string of the molecule is C=C(C)c1cccc(C(C)(C)NC(=O)Nc2ccc3c(c2)N(CCCC)C(=O)C(C)O3)c1.